The molecule has 9 heteroatoms. The Balaban J connectivity index is 1.72. The molecule has 0 unspecified atom stereocenters. The summed E-state index contributed by atoms with van der Waals surface area (Å²) in [4.78, 5) is 18.3. The van der Waals surface area contributed by atoms with E-state index in [2.05, 4.69) is 9.71 Å². The highest BCUT2D eigenvalue weighted by Gasteiger charge is 2.22. The van der Waals surface area contributed by atoms with E-state index in [4.69, 9.17) is 11.6 Å². The summed E-state index contributed by atoms with van der Waals surface area (Å²) in [6, 6.07) is 4.72. The van der Waals surface area contributed by atoms with E-state index in [0.29, 0.717) is 16.3 Å². The van der Waals surface area contributed by atoms with Gasteiger partial charge in [0.2, 0.25) is 5.91 Å². The highest BCUT2D eigenvalue weighted by Crippen LogP contribution is 2.26. The second kappa shape index (κ2) is 7.31. The minimum absolute atomic E-state index is 0.0305. The number of carbonyl (C=O) groups is 1. The lowest BCUT2D eigenvalue weighted by atomic mass is 10.2. The number of hydrogen-bond acceptors (Lipinski definition) is 5. The summed E-state index contributed by atoms with van der Waals surface area (Å²) in [6.07, 6.45) is 2.26. The number of anilines is 1. The van der Waals surface area contributed by atoms with E-state index < -0.39 is 10.0 Å². The van der Waals surface area contributed by atoms with E-state index in [1.54, 1.807) is 24.4 Å². The molecule has 2 aromatic rings. The van der Waals surface area contributed by atoms with Crippen LogP contribution in [0.5, 0.6) is 0 Å². The Morgan fingerprint density at radius 1 is 1.36 bits per heavy atom. The molecule has 1 aliphatic heterocycles. The van der Waals surface area contributed by atoms with Gasteiger partial charge in [-0.05, 0) is 37.5 Å². The Kier molecular flexibility index (Phi) is 5.31. The lowest BCUT2D eigenvalue weighted by Gasteiger charge is -2.13. The van der Waals surface area contributed by atoms with E-state index >= 15 is 0 Å². The third-order valence-corrected chi connectivity index (χ3v) is 6.90. The first-order chi connectivity index (χ1) is 11.9. The molecule has 1 aliphatic rings. The molecule has 1 aromatic heterocycles. The number of nitrogens with zero attached hydrogens (tertiary/aromatic N) is 2. The first kappa shape index (κ1) is 18.2. The van der Waals surface area contributed by atoms with Gasteiger partial charge in [0, 0.05) is 23.5 Å². The van der Waals surface area contributed by atoms with Crippen molar-refractivity contribution in [3.05, 3.63) is 39.9 Å². The van der Waals surface area contributed by atoms with Gasteiger partial charge in [-0.2, -0.15) is 0 Å². The molecular formula is C16H18ClN3O3S2. The summed E-state index contributed by atoms with van der Waals surface area (Å²) in [5.74, 6) is 0.0305. The number of carbonyl (C=O) groups excluding carboxylic acids is 1. The van der Waals surface area contributed by atoms with Gasteiger partial charge in [-0.15, -0.1) is 11.3 Å². The number of halogens is 1. The SMILES string of the molecule is Cc1c(Cl)cccc1S(=O)(=O)Nc1nc(CC(=O)N2CCCC2)cs1. The predicted molar refractivity (Wildman–Crippen MR) is 98.6 cm³/mol. The fourth-order valence-electron chi connectivity index (χ4n) is 2.72. The Morgan fingerprint density at radius 2 is 2.08 bits per heavy atom. The second-order valence-corrected chi connectivity index (χ2v) is 8.79. The summed E-state index contributed by atoms with van der Waals surface area (Å²) in [5, 5.41) is 2.33. The quantitative estimate of drug-likeness (QED) is 0.837. The van der Waals surface area contributed by atoms with Crippen LogP contribution in [0.4, 0.5) is 5.13 Å². The van der Waals surface area contributed by atoms with Crippen molar-refractivity contribution in [3.63, 3.8) is 0 Å². The van der Waals surface area contributed by atoms with Crippen LogP contribution in [0.1, 0.15) is 24.1 Å². The van der Waals surface area contributed by atoms with Crippen molar-refractivity contribution in [1.29, 1.82) is 0 Å². The van der Waals surface area contributed by atoms with Crippen molar-refractivity contribution < 1.29 is 13.2 Å². The average Bonchev–Trinajstić information content (AvgIpc) is 3.21. The molecule has 25 heavy (non-hydrogen) atoms. The molecule has 2 heterocycles. The molecule has 6 nitrogen and oxygen atoms in total. The minimum Gasteiger partial charge on any atom is -0.342 e. The largest absolute Gasteiger partial charge is 0.342 e. The molecular weight excluding hydrogens is 382 g/mol. The van der Waals surface area contributed by atoms with Crippen molar-refractivity contribution in [2.24, 2.45) is 0 Å². The number of rotatable bonds is 5. The number of benzene rings is 1. The molecule has 1 saturated heterocycles. The van der Waals surface area contributed by atoms with Gasteiger partial charge >= 0.3 is 0 Å². The third kappa shape index (κ3) is 4.13. The number of likely N-dealkylation sites (tertiary alicyclic amines) is 1. The maximum absolute atomic E-state index is 12.5. The number of thiazole rings is 1. The second-order valence-electron chi connectivity index (χ2n) is 5.88. The fraction of sp³-hybridized carbons (Fsp3) is 0.375. The summed E-state index contributed by atoms with van der Waals surface area (Å²) in [6.45, 7) is 3.23. The van der Waals surface area contributed by atoms with Crippen LogP contribution in [0.2, 0.25) is 5.02 Å². The molecule has 0 radical (unpaired) electrons. The zero-order valence-electron chi connectivity index (χ0n) is 13.7. The van der Waals surface area contributed by atoms with Crippen molar-refractivity contribution in [1.82, 2.24) is 9.88 Å². The van der Waals surface area contributed by atoms with Gasteiger partial charge in [-0.1, -0.05) is 17.7 Å². The molecule has 0 bridgehead atoms. The molecule has 1 N–H and O–H groups in total. The van der Waals surface area contributed by atoms with E-state index in [9.17, 15) is 13.2 Å². The van der Waals surface area contributed by atoms with Gasteiger partial charge in [-0.3, -0.25) is 9.52 Å². The maximum atomic E-state index is 12.5. The molecule has 0 saturated carbocycles. The van der Waals surface area contributed by atoms with Crippen molar-refractivity contribution in [3.8, 4) is 0 Å². The van der Waals surface area contributed by atoms with Gasteiger partial charge in [0.05, 0.1) is 17.0 Å². The van der Waals surface area contributed by atoms with Crippen LogP contribution in [0.15, 0.2) is 28.5 Å². The topological polar surface area (TPSA) is 79.4 Å². The monoisotopic (exact) mass is 399 g/mol. The smallest absolute Gasteiger partial charge is 0.263 e. The lowest BCUT2D eigenvalue weighted by Crippen LogP contribution is -2.29. The number of amides is 1. The number of sulfonamides is 1. The van der Waals surface area contributed by atoms with Crippen molar-refractivity contribution in [2.45, 2.75) is 31.1 Å². The van der Waals surface area contributed by atoms with E-state index in [0.717, 1.165) is 37.3 Å². The van der Waals surface area contributed by atoms with Gasteiger partial charge in [0.15, 0.2) is 5.13 Å². The molecule has 0 aliphatic carbocycles. The third-order valence-electron chi connectivity index (χ3n) is 4.07. The van der Waals surface area contributed by atoms with Gasteiger partial charge in [0.25, 0.3) is 10.0 Å². The van der Waals surface area contributed by atoms with Crippen LogP contribution in [0, 0.1) is 6.92 Å². The Bertz CT molecular complexity index is 890. The molecule has 0 spiro atoms. The fourth-order valence-corrected chi connectivity index (χ4v) is 5.18. The molecule has 3 rings (SSSR count). The van der Waals surface area contributed by atoms with Crippen LogP contribution in [-0.4, -0.2) is 37.3 Å². The minimum atomic E-state index is -3.78. The average molecular weight is 400 g/mol. The Morgan fingerprint density at radius 3 is 2.80 bits per heavy atom. The summed E-state index contributed by atoms with van der Waals surface area (Å²) >= 11 is 7.16. The normalized spacial score (nSPS) is 14.7. The molecule has 1 aromatic carbocycles. The van der Waals surface area contributed by atoms with Gasteiger partial charge in [-0.25, -0.2) is 13.4 Å². The van der Waals surface area contributed by atoms with Crippen LogP contribution >= 0.6 is 22.9 Å². The van der Waals surface area contributed by atoms with Gasteiger partial charge in [0.1, 0.15) is 0 Å². The van der Waals surface area contributed by atoms with E-state index in [-0.39, 0.29) is 22.4 Å². The first-order valence-electron chi connectivity index (χ1n) is 7.87. The molecule has 1 amide bonds. The Labute approximate surface area is 155 Å². The predicted octanol–water partition coefficient (Wildman–Crippen LogP) is 3.07. The van der Waals surface area contributed by atoms with E-state index in [1.165, 1.54) is 6.07 Å². The zero-order valence-corrected chi connectivity index (χ0v) is 16.0. The molecule has 134 valence electrons. The summed E-state index contributed by atoms with van der Waals surface area (Å²) < 4.78 is 27.5. The van der Waals surface area contributed by atoms with Crippen molar-refractivity contribution >= 4 is 44.0 Å². The van der Waals surface area contributed by atoms with Crippen LogP contribution < -0.4 is 4.72 Å². The summed E-state index contributed by atoms with van der Waals surface area (Å²) in [5.41, 5.74) is 1.06. The Hall–Kier alpha value is -1.64. The standard InChI is InChI=1S/C16H18ClN3O3S2/c1-11-13(17)5-4-6-14(11)25(22,23)19-16-18-12(10-24-16)9-15(21)20-7-2-3-8-20/h4-6,10H,2-3,7-9H2,1H3,(H,18,19). The highest BCUT2D eigenvalue weighted by atomic mass is 35.5. The van der Waals surface area contributed by atoms with Crippen LogP contribution in [0.25, 0.3) is 0 Å². The lowest BCUT2D eigenvalue weighted by molar-refractivity contribution is -0.129. The maximum Gasteiger partial charge on any atom is 0.263 e. The first-order valence-corrected chi connectivity index (χ1v) is 10.6. The molecule has 1 fully saturated rings. The summed E-state index contributed by atoms with van der Waals surface area (Å²) in [7, 11) is -3.78. The number of aromatic nitrogens is 1. The number of hydrogen-bond donors (Lipinski definition) is 1. The zero-order chi connectivity index (χ0) is 18.0. The van der Waals surface area contributed by atoms with Crippen LogP contribution in [-0.2, 0) is 21.2 Å². The molecule has 0 atom stereocenters. The van der Waals surface area contributed by atoms with E-state index in [1.807, 2.05) is 4.90 Å². The van der Waals surface area contributed by atoms with Crippen LogP contribution in [0.3, 0.4) is 0 Å². The van der Waals surface area contributed by atoms with Gasteiger partial charge < -0.3 is 4.90 Å². The van der Waals surface area contributed by atoms with Crippen molar-refractivity contribution in [2.75, 3.05) is 17.8 Å². The highest BCUT2D eigenvalue weighted by molar-refractivity contribution is 7.93. The number of nitrogens with one attached hydrogen (secondary N) is 1.